The van der Waals surface area contributed by atoms with Crippen LogP contribution < -0.4 is 5.73 Å². The number of amides is 1. The quantitative estimate of drug-likeness (QED) is 0.520. The van der Waals surface area contributed by atoms with Gasteiger partial charge in [-0.25, -0.2) is 4.98 Å². The summed E-state index contributed by atoms with van der Waals surface area (Å²) >= 11 is 17.4. The fourth-order valence-corrected chi connectivity index (χ4v) is 2.08. The number of carbonyl (C=O) groups is 1. The molecule has 102 valence electrons. The summed E-state index contributed by atoms with van der Waals surface area (Å²) in [5.41, 5.74) is 6.52. The number of benzene rings is 1. The van der Waals surface area contributed by atoms with E-state index in [1.54, 1.807) is 18.2 Å². The molecule has 0 atom stereocenters. The molecule has 2 N–H and O–H groups in total. The van der Waals surface area contributed by atoms with Crippen LogP contribution >= 0.6 is 34.8 Å². The van der Waals surface area contributed by atoms with E-state index in [-0.39, 0.29) is 11.4 Å². The van der Waals surface area contributed by atoms with Gasteiger partial charge in [-0.05, 0) is 30.3 Å². The fourth-order valence-electron chi connectivity index (χ4n) is 1.44. The zero-order valence-corrected chi connectivity index (χ0v) is 12.2. The first kappa shape index (κ1) is 14.8. The number of aromatic nitrogens is 1. The van der Waals surface area contributed by atoms with Crippen molar-refractivity contribution in [2.45, 2.75) is 0 Å². The lowest BCUT2D eigenvalue weighted by molar-refractivity contribution is 0.100. The highest BCUT2D eigenvalue weighted by atomic mass is 35.5. The second-order valence-electron chi connectivity index (χ2n) is 3.83. The molecule has 4 nitrogen and oxygen atoms in total. The Hall–Kier alpha value is -1.62. The molecular weight excluding hydrogens is 321 g/mol. The number of rotatable bonds is 2. The molecule has 1 heterocycles. The van der Waals surface area contributed by atoms with Crippen molar-refractivity contribution in [1.82, 2.24) is 4.98 Å². The number of nitrogens with zero attached hydrogens (tertiary/aromatic N) is 2. The maximum absolute atomic E-state index is 11.9. The van der Waals surface area contributed by atoms with Gasteiger partial charge in [-0.15, -0.1) is 0 Å². The van der Waals surface area contributed by atoms with Gasteiger partial charge in [0.2, 0.25) is 0 Å². The summed E-state index contributed by atoms with van der Waals surface area (Å²) in [6.07, 6.45) is 1.33. The van der Waals surface area contributed by atoms with Gasteiger partial charge >= 0.3 is 0 Å². The Bertz CT molecular complexity index is 664. The monoisotopic (exact) mass is 327 g/mol. The van der Waals surface area contributed by atoms with Crippen molar-refractivity contribution in [3.63, 3.8) is 0 Å². The third kappa shape index (κ3) is 3.70. The largest absolute Gasteiger partial charge is 0.383 e. The Morgan fingerprint density at radius 3 is 2.25 bits per heavy atom. The van der Waals surface area contributed by atoms with Crippen molar-refractivity contribution in [2.75, 3.05) is 0 Å². The maximum atomic E-state index is 11.9. The molecule has 0 aliphatic carbocycles. The minimum atomic E-state index is -0.525. The Kier molecular flexibility index (Phi) is 4.60. The van der Waals surface area contributed by atoms with E-state index >= 15 is 0 Å². The van der Waals surface area contributed by atoms with Gasteiger partial charge in [-0.3, -0.25) is 4.79 Å². The Morgan fingerprint density at radius 1 is 1.05 bits per heavy atom. The number of amidine groups is 1. The zero-order valence-electron chi connectivity index (χ0n) is 9.98. The highest BCUT2D eigenvalue weighted by Crippen LogP contribution is 2.19. The van der Waals surface area contributed by atoms with Crippen LogP contribution in [0.5, 0.6) is 0 Å². The van der Waals surface area contributed by atoms with Gasteiger partial charge in [-0.1, -0.05) is 34.8 Å². The lowest BCUT2D eigenvalue weighted by atomic mass is 10.2. The van der Waals surface area contributed by atoms with Crippen molar-refractivity contribution in [2.24, 2.45) is 10.7 Å². The van der Waals surface area contributed by atoms with Crippen LogP contribution in [0.2, 0.25) is 15.2 Å². The first-order valence-corrected chi connectivity index (χ1v) is 6.55. The van der Waals surface area contributed by atoms with Gasteiger partial charge in [0.15, 0.2) is 0 Å². The summed E-state index contributed by atoms with van der Waals surface area (Å²) in [6.45, 7) is 0. The summed E-state index contributed by atoms with van der Waals surface area (Å²) in [4.78, 5) is 19.5. The van der Waals surface area contributed by atoms with Crippen molar-refractivity contribution in [3.05, 3.63) is 62.9 Å². The van der Waals surface area contributed by atoms with Crippen molar-refractivity contribution >= 4 is 46.5 Å². The van der Waals surface area contributed by atoms with Crippen LogP contribution in [0.3, 0.4) is 0 Å². The van der Waals surface area contributed by atoms with Gasteiger partial charge in [0.1, 0.15) is 11.0 Å². The minimum absolute atomic E-state index is 0.0225. The molecule has 0 aliphatic heterocycles. The first-order valence-electron chi connectivity index (χ1n) is 5.42. The molecule has 0 saturated heterocycles. The highest BCUT2D eigenvalue weighted by molar-refractivity contribution is 6.35. The third-order valence-corrected chi connectivity index (χ3v) is 3.01. The fraction of sp³-hybridized carbons (Fsp3) is 0. The smallest absolute Gasteiger partial charge is 0.280 e. The second kappa shape index (κ2) is 6.22. The number of hydrogen-bond donors (Lipinski definition) is 1. The molecule has 0 bridgehead atoms. The van der Waals surface area contributed by atoms with Gasteiger partial charge in [-0.2, -0.15) is 4.99 Å². The lowest BCUT2D eigenvalue weighted by Gasteiger charge is -2.02. The van der Waals surface area contributed by atoms with Gasteiger partial charge in [0, 0.05) is 21.8 Å². The molecule has 2 rings (SSSR count). The standard InChI is InChI=1S/C13H8Cl3N3O/c14-9-3-8(4-10(15)5-9)12(17)19-13(20)7-1-2-11(16)18-6-7/h1-6H,(H2,17,19,20). The molecule has 2 aromatic rings. The molecule has 0 radical (unpaired) electrons. The Labute approximate surface area is 130 Å². The molecule has 1 amide bonds. The second-order valence-corrected chi connectivity index (χ2v) is 5.09. The average Bonchev–Trinajstić information content (AvgIpc) is 2.38. The molecule has 1 aromatic heterocycles. The predicted octanol–water partition coefficient (Wildman–Crippen LogP) is 3.59. The number of aliphatic imine (C=N–C) groups is 1. The van der Waals surface area contributed by atoms with Crippen LogP contribution in [0.25, 0.3) is 0 Å². The van der Waals surface area contributed by atoms with E-state index in [1.165, 1.54) is 18.3 Å². The average molecular weight is 329 g/mol. The van der Waals surface area contributed by atoms with E-state index in [0.717, 1.165) is 0 Å². The summed E-state index contributed by atoms with van der Waals surface area (Å²) in [7, 11) is 0. The third-order valence-electron chi connectivity index (χ3n) is 2.35. The number of pyridine rings is 1. The number of nitrogens with two attached hydrogens (primary N) is 1. The van der Waals surface area contributed by atoms with Crippen molar-refractivity contribution in [1.29, 1.82) is 0 Å². The molecule has 20 heavy (non-hydrogen) atoms. The molecule has 0 spiro atoms. The van der Waals surface area contributed by atoms with E-state index in [9.17, 15) is 4.79 Å². The van der Waals surface area contributed by atoms with E-state index in [0.29, 0.717) is 20.8 Å². The zero-order chi connectivity index (χ0) is 14.7. The van der Waals surface area contributed by atoms with E-state index < -0.39 is 5.91 Å². The Balaban J connectivity index is 2.29. The molecule has 0 fully saturated rings. The van der Waals surface area contributed by atoms with Crippen LogP contribution in [0.1, 0.15) is 15.9 Å². The molecular formula is C13H8Cl3N3O. The molecule has 1 aromatic carbocycles. The van der Waals surface area contributed by atoms with E-state index in [1.807, 2.05) is 0 Å². The molecule has 0 aliphatic rings. The number of carbonyl (C=O) groups excluding carboxylic acids is 1. The summed E-state index contributed by atoms with van der Waals surface area (Å²) < 4.78 is 0. The number of hydrogen-bond acceptors (Lipinski definition) is 2. The van der Waals surface area contributed by atoms with Gasteiger partial charge < -0.3 is 5.73 Å². The maximum Gasteiger partial charge on any atom is 0.280 e. The molecule has 7 heteroatoms. The van der Waals surface area contributed by atoms with Gasteiger partial charge in [0.25, 0.3) is 5.91 Å². The van der Waals surface area contributed by atoms with Gasteiger partial charge in [0.05, 0.1) is 5.56 Å². The predicted molar refractivity (Wildman–Crippen MR) is 80.8 cm³/mol. The highest BCUT2D eigenvalue weighted by Gasteiger charge is 2.08. The van der Waals surface area contributed by atoms with Crippen LogP contribution in [-0.2, 0) is 0 Å². The normalized spacial score (nSPS) is 11.4. The van der Waals surface area contributed by atoms with Crippen LogP contribution in [0.4, 0.5) is 0 Å². The lowest BCUT2D eigenvalue weighted by Crippen LogP contribution is -2.16. The number of halogens is 3. The van der Waals surface area contributed by atoms with Crippen LogP contribution in [-0.4, -0.2) is 16.7 Å². The van der Waals surface area contributed by atoms with E-state index in [2.05, 4.69) is 9.98 Å². The van der Waals surface area contributed by atoms with E-state index in [4.69, 9.17) is 40.5 Å². The van der Waals surface area contributed by atoms with Crippen molar-refractivity contribution in [3.8, 4) is 0 Å². The van der Waals surface area contributed by atoms with Crippen molar-refractivity contribution < 1.29 is 4.79 Å². The topological polar surface area (TPSA) is 68.3 Å². The molecule has 0 unspecified atom stereocenters. The first-order chi connectivity index (χ1) is 9.45. The van der Waals surface area contributed by atoms with Crippen LogP contribution in [0.15, 0.2) is 41.5 Å². The molecule has 0 saturated carbocycles. The summed E-state index contributed by atoms with van der Waals surface area (Å²) in [5, 5.41) is 1.11. The SMILES string of the molecule is NC(=NC(=O)c1ccc(Cl)nc1)c1cc(Cl)cc(Cl)c1. The van der Waals surface area contributed by atoms with Crippen LogP contribution in [0, 0.1) is 0 Å². The summed E-state index contributed by atoms with van der Waals surface area (Å²) in [5.74, 6) is -0.503. The minimum Gasteiger partial charge on any atom is -0.383 e. The Morgan fingerprint density at radius 2 is 1.70 bits per heavy atom. The summed E-state index contributed by atoms with van der Waals surface area (Å²) in [6, 6.07) is 7.71.